The lowest BCUT2D eigenvalue weighted by molar-refractivity contribution is 0.0963. The predicted octanol–water partition coefficient (Wildman–Crippen LogP) is 2.95. The van der Waals surface area contributed by atoms with Gasteiger partial charge in [0.25, 0.3) is 5.91 Å². The molecule has 5 rings (SSSR count). The molecule has 3 heterocycles. The van der Waals surface area contributed by atoms with Crippen molar-refractivity contribution in [3.8, 4) is 5.75 Å². The molecule has 0 saturated carbocycles. The first-order chi connectivity index (χ1) is 13.7. The van der Waals surface area contributed by atoms with E-state index >= 15 is 0 Å². The zero-order chi connectivity index (χ0) is 19.1. The monoisotopic (exact) mass is 381 g/mol. The summed E-state index contributed by atoms with van der Waals surface area (Å²) < 4.78 is 19.2. The fraction of sp³-hybridized carbons (Fsp3) is 0.409. The third-order valence-electron chi connectivity index (χ3n) is 6.07. The maximum Gasteiger partial charge on any atom is 0.252 e. The van der Waals surface area contributed by atoms with Crippen molar-refractivity contribution >= 4 is 11.6 Å². The topological polar surface area (TPSA) is 62.4 Å². The van der Waals surface area contributed by atoms with Gasteiger partial charge in [-0.3, -0.25) is 4.79 Å². The summed E-state index contributed by atoms with van der Waals surface area (Å²) in [5.74, 6) is 1.11. The van der Waals surface area contributed by atoms with Gasteiger partial charge >= 0.3 is 0 Å². The fourth-order valence-corrected chi connectivity index (χ4v) is 4.63. The number of fused-ring (bicyclic) bond motifs is 4. The number of benzene rings is 2. The van der Waals surface area contributed by atoms with Gasteiger partial charge in [0, 0.05) is 36.3 Å². The lowest BCUT2D eigenvalue weighted by atomic mass is 9.94. The molecule has 0 radical (unpaired) electrons. The average molecular weight is 381 g/mol. The Bertz CT molecular complexity index is 930. The van der Waals surface area contributed by atoms with Crippen molar-refractivity contribution in [2.24, 2.45) is 0 Å². The van der Waals surface area contributed by atoms with E-state index < -0.39 is 0 Å². The molecule has 2 unspecified atom stereocenters. The van der Waals surface area contributed by atoms with Crippen molar-refractivity contribution in [2.45, 2.75) is 37.8 Å². The Balaban J connectivity index is 1.16. The van der Waals surface area contributed by atoms with Crippen LogP contribution in [0.5, 0.6) is 5.75 Å². The molecule has 3 aliphatic rings. The number of carbonyl (C=O) groups excluding carboxylic acids is 1. The van der Waals surface area contributed by atoms with Gasteiger partial charge in [-0.15, -0.1) is 0 Å². The molecule has 0 aliphatic carbocycles. The number of carbonyl (C=O) groups is 1. The van der Waals surface area contributed by atoms with E-state index in [2.05, 4.69) is 16.0 Å². The molecule has 5 nitrogen and oxygen atoms in total. The van der Waals surface area contributed by atoms with E-state index in [0.717, 1.165) is 60.5 Å². The minimum Gasteiger partial charge on any atom is -0.492 e. The van der Waals surface area contributed by atoms with Gasteiger partial charge in [0.05, 0.1) is 5.56 Å². The van der Waals surface area contributed by atoms with Crippen molar-refractivity contribution in [2.75, 3.05) is 25.0 Å². The molecule has 0 fully saturated rings. The van der Waals surface area contributed by atoms with E-state index in [1.54, 1.807) is 12.1 Å². The molecule has 3 N–H and O–H groups in total. The summed E-state index contributed by atoms with van der Waals surface area (Å²) in [6.45, 7) is 3.01. The Labute approximate surface area is 163 Å². The zero-order valence-corrected chi connectivity index (χ0v) is 15.7. The van der Waals surface area contributed by atoms with Gasteiger partial charge in [0.2, 0.25) is 0 Å². The minimum absolute atomic E-state index is 0.0138. The van der Waals surface area contributed by atoms with Gasteiger partial charge in [-0.1, -0.05) is 12.1 Å². The van der Waals surface area contributed by atoms with Crippen LogP contribution in [0, 0.1) is 5.82 Å². The van der Waals surface area contributed by atoms with Crippen LogP contribution in [0.2, 0.25) is 0 Å². The molecule has 3 aliphatic heterocycles. The van der Waals surface area contributed by atoms with Crippen molar-refractivity contribution in [3.05, 3.63) is 58.4 Å². The zero-order valence-electron chi connectivity index (χ0n) is 15.7. The number of anilines is 1. The predicted molar refractivity (Wildman–Crippen MR) is 105 cm³/mol. The quantitative estimate of drug-likeness (QED) is 0.697. The molecule has 2 atom stereocenters. The van der Waals surface area contributed by atoms with E-state index in [1.165, 1.54) is 5.56 Å². The van der Waals surface area contributed by atoms with Gasteiger partial charge in [-0.2, -0.15) is 0 Å². The summed E-state index contributed by atoms with van der Waals surface area (Å²) in [5, 5.41) is 9.79. The Morgan fingerprint density at radius 1 is 1.21 bits per heavy atom. The highest BCUT2D eigenvalue weighted by Crippen LogP contribution is 2.35. The molecule has 2 aromatic rings. The molecule has 146 valence electrons. The van der Waals surface area contributed by atoms with E-state index in [9.17, 15) is 9.18 Å². The number of nitrogens with one attached hydrogen (secondary N) is 3. The fourth-order valence-electron chi connectivity index (χ4n) is 4.63. The van der Waals surface area contributed by atoms with Crippen molar-refractivity contribution < 1.29 is 13.9 Å². The highest BCUT2D eigenvalue weighted by Gasteiger charge is 2.30. The number of hydrogen-bond donors (Lipinski definition) is 3. The number of amides is 1. The number of hydrogen-bond acceptors (Lipinski definition) is 4. The summed E-state index contributed by atoms with van der Waals surface area (Å²) in [4.78, 5) is 12.2. The highest BCUT2D eigenvalue weighted by atomic mass is 19.1. The Morgan fingerprint density at radius 2 is 2.14 bits per heavy atom. The van der Waals surface area contributed by atoms with Crippen LogP contribution >= 0.6 is 0 Å². The molecular formula is C22H24FN3O2. The van der Waals surface area contributed by atoms with Gasteiger partial charge < -0.3 is 20.7 Å². The van der Waals surface area contributed by atoms with Gasteiger partial charge in [-0.05, 0) is 55.1 Å². The SMILES string of the molecule is O=C1NCc2ccc3c(c21)CC(NCCCC1CNc2cc(F)ccc21)CO3. The molecule has 1 amide bonds. The van der Waals surface area contributed by atoms with Gasteiger partial charge in [0.1, 0.15) is 18.2 Å². The van der Waals surface area contributed by atoms with E-state index in [1.807, 2.05) is 18.2 Å². The number of halogens is 1. The number of rotatable bonds is 5. The Morgan fingerprint density at radius 3 is 3.07 bits per heavy atom. The maximum absolute atomic E-state index is 13.3. The second-order valence-electron chi connectivity index (χ2n) is 7.88. The van der Waals surface area contributed by atoms with Crippen LogP contribution in [-0.4, -0.2) is 31.6 Å². The van der Waals surface area contributed by atoms with E-state index in [0.29, 0.717) is 19.1 Å². The molecule has 2 aromatic carbocycles. The molecule has 0 spiro atoms. The second kappa shape index (κ2) is 7.09. The van der Waals surface area contributed by atoms with Crippen LogP contribution in [-0.2, 0) is 13.0 Å². The second-order valence-corrected chi connectivity index (χ2v) is 7.88. The largest absolute Gasteiger partial charge is 0.492 e. The van der Waals surface area contributed by atoms with Crippen LogP contribution < -0.4 is 20.7 Å². The third-order valence-corrected chi connectivity index (χ3v) is 6.07. The highest BCUT2D eigenvalue weighted by molar-refractivity contribution is 6.00. The smallest absolute Gasteiger partial charge is 0.252 e. The van der Waals surface area contributed by atoms with Crippen LogP contribution in [0.4, 0.5) is 10.1 Å². The summed E-state index contributed by atoms with van der Waals surface area (Å²) in [5.41, 5.74) is 5.06. The first kappa shape index (κ1) is 17.5. The van der Waals surface area contributed by atoms with Crippen molar-refractivity contribution in [1.82, 2.24) is 10.6 Å². The number of ether oxygens (including phenoxy) is 1. The maximum atomic E-state index is 13.3. The van der Waals surface area contributed by atoms with Crippen LogP contribution in [0.15, 0.2) is 30.3 Å². The molecule has 0 bridgehead atoms. The molecule has 0 saturated heterocycles. The van der Waals surface area contributed by atoms with Crippen molar-refractivity contribution in [1.29, 1.82) is 0 Å². The molecular weight excluding hydrogens is 357 g/mol. The standard InChI is InChI=1S/C22H24FN3O2/c23-15-4-5-17-13(10-25-19(17)8-15)2-1-7-24-16-9-18-20(28-12-16)6-3-14-11-26-22(27)21(14)18/h3-6,8,13,16,24-25H,1-2,7,9-12H2,(H,26,27). The minimum atomic E-state index is -0.189. The van der Waals surface area contributed by atoms with Crippen LogP contribution in [0.3, 0.4) is 0 Å². The van der Waals surface area contributed by atoms with Crippen molar-refractivity contribution in [3.63, 3.8) is 0 Å². The van der Waals surface area contributed by atoms with Crippen LogP contribution in [0.25, 0.3) is 0 Å². The molecule has 6 heteroatoms. The summed E-state index contributed by atoms with van der Waals surface area (Å²) in [6, 6.07) is 9.22. The molecule has 28 heavy (non-hydrogen) atoms. The normalized spacial score (nSPS) is 22.0. The van der Waals surface area contributed by atoms with Gasteiger partial charge in [0.15, 0.2) is 0 Å². The van der Waals surface area contributed by atoms with E-state index in [4.69, 9.17) is 4.74 Å². The molecule has 0 aromatic heterocycles. The summed E-state index contributed by atoms with van der Waals surface area (Å²) in [7, 11) is 0. The van der Waals surface area contributed by atoms with Gasteiger partial charge in [-0.25, -0.2) is 4.39 Å². The Kier molecular flexibility index (Phi) is 4.43. The summed E-state index contributed by atoms with van der Waals surface area (Å²) in [6.07, 6.45) is 2.92. The lowest BCUT2D eigenvalue weighted by Gasteiger charge is -2.27. The average Bonchev–Trinajstić information content (AvgIpc) is 3.28. The Hall–Kier alpha value is -2.60. The lowest BCUT2D eigenvalue weighted by Crippen LogP contribution is -2.40. The first-order valence-corrected chi connectivity index (χ1v) is 10.0. The van der Waals surface area contributed by atoms with Crippen LogP contribution in [0.1, 0.15) is 45.8 Å². The van der Waals surface area contributed by atoms with E-state index in [-0.39, 0.29) is 17.8 Å². The first-order valence-electron chi connectivity index (χ1n) is 10.0. The summed E-state index contributed by atoms with van der Waals surface area (Å²) >= 11 is 0. The third kappa shape index (κ3) is 3.11.